The van der Waals surface area contributed by atoms with Gasteiger partial charge in [-0.2, -0.15) is 13.2 Å². The highest BCUT2D eigenvalue weighted by Gasteiger charge is 2.33. The zero-order valence-electron chi connectivity index (χ0n) is 12.4. The molecule has 1 fully saturated rings. The van der Waals surface area contributed by atoms with E-state index in [1.807, 2.05) is 0 Å². The van der Waals surface area contributed by atoms with Gasteiger partial charge in [0.05, 0.1) is 11.1 Å². The van der Waals surface area contributed by atoms with E-state index < -0.39 is 18.6 Å². The van der Waals surface area contributed by atoms with Crippen LogP contribution in [0.25, 0.3) is 0 Å². The molecule has 0 saturated heterocycles. The summed E-state index contributed by atoms with van der Waals surface area (Å²) >= 11 is 3.34. The van der Waals surface area contributed by atoms with Gasteiger partial charge in [-0.25, -0.2) is 0 Å². The molecule has 1 heterocycles. The van der Waals surface area contributed by atoms with Crippen molar-refractivity contribution in [2.75, 3.05) is 6.61 Å². The van der Waals surface area contributed by atoms with Crippen LogP contribution in [0, 0.1) is 0 Å². The smallest absolute Gasteiger partial charge is 0.367 e. The molecule has 1 aliphatic rings. The molecule has 1 aromatic carbocycles. The lowest BCUT2D eigenvalue weighted by atomic mass is 10.0. The van der Waals surface area contributed by atoms with Crippen molar-refractivity contribution in [2.24, 2.45) is 0 Å². The summed E-state index contributed by atoms with van der Waals surface area (Å²) in [4.78, 5) is 12.7. The first kappa shape index (κ1) is 17.2. The summed E-state index contributed by atoms with van der Waals surface area (Å²) < 4.78 is 47.0. The average molecular weight is 404 g/mol. The Kier molecular flexibility index (Phi) is 4.78. The molecule has 1 aliphatic carbocycles. The van der Waals surface area contributed by atoms with Crippen LogP contribution in [0.15, 0.2) is 33.3 Å². The first-order chi connectivity index (χ1) is 11.4. The summed E-state index contributed by atoms with van der Waals surface area (Å²) in [5.41, 5.74) is 0.741. The van der Waals surface area contributed by atoms with Gasteiger partial charge in [0.25, 0.3) is 0 Å². The highest BCUT2D eigenvalue weighted by Crippen LogP contribution is 2.44. The number of hydrogen-bond donors (Lipinski definition) is 0. The van der Waals surface area contributed by atoms with Crippen molar-refractivity contribution in [3.05, 3.63) is 51.3 Å². The van der Waals surface area contributed by atoms with E-state index in [1.165, 1.54) is 6.07 Å². The molecule has 0 aliphatic heterocycles. The van der Waals surface area contributed by atoms with Crippen LogP contribution in [0.3, 0.4) is 0 Å². The summed E-state index contributed by atoms with van der Waals surface area (Å²) in [6, 6.07) is 6.36. The lowest BCUT2D eigenvalue weighted by Gasteiger charge is -2.10. The molecule has 128 valence electrons. The Labute approximate surface area is 144 Å². The Morgan fingerprint density at radius 3 is 2.71 bits per heavy atom. The Balaban J connectivity index is 1.80. The molecule has 4 nitrogen and oxygen atoms in total. The van der Waals surface area contributed by atoms with Crippen LogP contribution >= 0.6 is 15.9 Å². The van der Waals surface area contributed by atoms with Crippen molar-refractivity contribution in [2.45, 2.75) is 31.5 Å². The molecule has 8 heteroatoms. The summed E-state index contributed by atoms with van der Waals surface area (Å²) in [6.07, 6.45) is -2.43. The number of carbonyl (C=O) groups excluding carboxylic acids is 1. The van der Waals surface area contributed by atoms with Crippen LogP contribution in [0.2, 0.25) is 0 Å². The Morgan fingerprint density at radius 1 is 1.33 bits per heavy atom. The van der Waals surface area contributed by atoms with Gasteiger partial charge in [0.15, 0.2) is 11.5 Å². The molecule has 24 heavy (non-hydrogen) atoms. The second-order valence-corrected chi connectivity index (χ2v) is 6.37. The molecule has 0 bridgehead atoms. The highest BCUT2D eigenvalue weighted by molar-refractivity contribution is 9.10. The zero-order valence-corrected chi connectivity index (χ0v) is 14.0. The molecule has 0 atom stereocenters. The van der Waals surface area contributed by atoms with E-state index >= 15 is 0 Å². The minimum absolute atomic E-state index is 0.125. The van der Waals surface area contributed by atoms with Crippen molar-refractivity contribution in [3.8, 4) is 0 Å². The molecule has 0 unspecified atom stereocenters. The maximum Gasteiger partial charge on any atom is 0.411 e. The third kappa shape index (κ3) is 3.87. The lowest BCUT2D eigenvalue weighted by molar-refractivity contribution is -0.176. The third-order valence-corrected chi connectivity index (χ3v) is 4.37. The van der Waals surface area contributed by atoms with Gasteiger partial charge in [0.2, 0.25) is 5.78 Å². The number of ether oxygens (including phenoxy) is 1. The average Bonchev–Trinajstić information content (AvgIpc) is 3.29. The summed E-state index contributed by atoms with van der Waals surface area (Å²) in [7, 11) is 0. The highest BCUT2D eigenvalue weighted by atomic mass is 79.9. The van der Waals surface area contributed by atoms with E-state index in [0.29, 0.717) is 15.8 Å². The Bertz CT molecular complexity index is 753. The maximum atomic E-state index is 12.7. The van der Waals surface area contributed by atoms with E-state index in [9.17, 15) is 18.0 Å². The molecule has 3 rings (SSSR count). The van der Waals surface area contributed by atoms with Crippen LogP contribution < -0.4 is 0 Å². The standard InChI is InChI=1S/C16H13BrF3NO3/c17-12-13(21-24-15(12)9-5-6-9)14(22)11-4-2-1-3-10(11)7-23-8-16(18,19)20/h1-4,9H,5-8H2. The number of halogens is 4. The molecular weight excluding hydrogens is 391 g/mol. The third-order valence-electron chi connectivity index (χ3n) is 3.61. The van der Waals surface area contributed by atoms with Crippen LogP contribution in [-0.4, -0.2) is 23.7 Å². The number of benzene rings is 1. The number of alkyl halides is 3. The van der Waals surface area contributed by atoms with Gasteiger partial charge in [-0.15, -0.1) is 0 Å². The minimum Gasteiger partial charge on any atom is -0.367 e. The molecular formula is C16H13BrF3NO3. The molecule has 0 spiro atoms. The van der Waals surface area contributed by atoms with E-state index in [4.69, 9.17) is 4.52 Å². The number of rotatable bonds is 6. The second kappa shape index (κ2) is 6.68. The van der Waals surface area contributed by atoms with Crippen LogP contribution in [0.4, 0.5) is 13.2 Å². The molecule has 2 aromatic rings. The Morgan fingerprint density at radius 2 is 2.04 bits per heavy atom. The maximum absolute atomic E-state index is 12.7. The van der Waals surface area contributed by atoms with Gasteiger partial charge in [-0.05, 0) is 34.3 Å². The van der Waals surface area contributed by atoms with Crippen molar-refractivity contribution in [3.63, 3.8) is 0 Å². The normalized spacial score (nSPS) is 14.8. The minimum atomic E-state index is -4.41. The quantitative estimate of drug-likeness (QED) is 0.660. The summed E-state index contributed by atoms with van der Waals surface area (Å²) in [6.45, 7) is -1.68. The zero-order chi connectivity index (χ0) is 17.3. The molecule has 0 amide bonds. The number of ketones is 1. The Hall–Kier alpha value is -1.67. The molecule has 1 saturated carbocycles. The fourth-order valence-corrected chi connectivity index (χ4v) is 2.95. The predicted octanol–water partition coefficient (Wildman–Crippen LogP) is 4.62. The van der Waals surface area contributed by atoms with Gasteiger partial charge >= 0.3 is 6.18 Å². The van der Waals surface area contributed by atoms with Gasteiger partial charge in [0.1, 0.15) is 6.61 Å². The first-order valence-electron chi connectivity index (χ1n) is 7.29. The topological polar surface area (TPSA) is 52.3 Å². The van der Waals surface area contributed by atoms with Crippen LogP contribution in [-0.2, 0) is 11.3 Å². The molecule has 0 N–H and O–H groups in total. The summed E-state index contributed by atoms with van der Waals surface area (Å²) in [5, 5.41) is 3.82. The number of nitrogens with zero attached hydrogens (tertiary/aromatic N) is 1. The van der Waals surface area contributed by atoms with Gasteiger partial charge in [0, 0.05) is 11.5 Å². The monoisotopic (exact) mass is 403 g/mol. The number of carbonyl (C=O) groups is 1. The van der Waals surface area contributed by atoms with E-state index in [-0.39, 0.29) is 23.8 Å². The number of hydrogen-bond acceptors (Lipinski definition) is 4. The van der Waals surface area contributed by atoms with Crippen molar-refractivity contribution >= 4 is 21.7 Å². The first-order valence-corrected chi connectivity index (χ1v) is 8.08. The van der Waals surface area contributed by atoms with E-state index in [0.717, 1.165) is 12.8 Å². The van der Waals surface area contributed by atoms with Gasteiger partial charge in [-0.1, -0.05) is 29.4 Å². The van der Waals surface area contributed by atoms with Crippen molar-refractivity contribution in [1.82, 2.24) is 5.16 Å². The van der Waals surface area contributed by atoms with Crippen LogP contribution in [0.1, 0.15) is 46.1 Å². The lowest BCUT2D eigenvalue weighted by Crippen LogP contribution is -2.17. The number of aromatic nitrogens is 1. The van der Waals surface area contributed by atoms with Crippen molar-refractivity contribution < 1.29 is 27.2 Å². The van der Waals surface area contributed by atoms with E-state index in [2.05, 4.69) is 25.8 Å². The predicted molar refractivity (Wildman–Crippen MR) is 81.8 cm³/mol. The van der Waals surface area contributed by atoms with Crippen molar-refractivity contribution in [1.29, 1.82) is 0 Å². The largest absolute Gasteiger partial charge is 0.411 e. The fraction of sp³-hybridized carbons (Fsp3) is 0.375. The fourth-order valence-electron chi connectivity index (χ4n) is 2.30. The van der Waals surface area contributed by atoms with Crippen LogP contribution in [0.5, 0.6) is 0 Å². The second-order valence-electron chi connectivity index (χ2n) is 5.58. The van der Waals surface area contributed by atoms with E-state index in [1.54, 1.807) is 18.2 Å². The SMILES string of the molecule is O=C(c1ccccc1COCC(F)(F)F)c1noc(C2CC2)c1Br. The molecule has 1 aromatic heterocycles. The summed E-state index contributed by atoms with van der Waals surface area (Å²) in [5.74, 6) is 0.506. The molecule has 0 radical (unpaired) electrons. The van der Waals surface area contributed by atoms with Gasteiger partial charge in [-0.3, -0.25) is 4.79 Å². The van der Waals surface area contributed by atoms with Gasteiger partial charge < -0.3 is 9.26 Å².